The summed E-state index contributed by atoms with van der Waals surface area (Å²) < 4.78 is 0. The van der Waals surface area contributed by atoms with Crippen LogP contribution >= 0.6 is 11.8 Å². The highest BCUT2D eigenvalue weighted by Gasteiger charge is 2.02. The first kappa shape index (κ1) is 12.5. The summed E-state index contributed by atoms with van der Waals surface area (Å²) in [6.07, 6.45) is 7.07. The molecule has 1 aromatic rings. The minimum atomic E-state index is 0.663. The van der Waals surface area contributed by atoms with E-state index in [1.807, 2.05) is 13.1 Å². The standard InChI is InChI=1S/C11H19N3S/c1-3-10(12-2)5-4-8-15-11-6-7-13-9-14-11/h6-7,9-10,12H,3-5,8H2,1-2H3. The Morgan fingerprint density at radius 1 is 1.53 bits per heavy atom. The fourth-order valence-electron chi connectivity index (χ4n) is 1.42. The predicted molar refractivity (Wildman–Crippen MR) is 65.1 cm³/mol. The summed E-state index contributed by atoms with van der Waals surface area (Å²) in [6.45, 7) is 2.22. The first-order valence-corrected chi connectivity index (χ1v) is 6.41. The molecule has 0 bridgehead atoms. The van der Waals surface area contributed by atoms with Gasteiger partial charge in [0.05, 0.1) is 5.03 Å². The van der Waals surface area contributed by atoms with E-state index in [1.54, 1.807) is 24.3 Å². The Balaban J connectivity index is 2.12. The molecule has 1 heterocycles. The molecule has 0 aliphatic rings. The lowest BCUT2D eigenvalue weighted by molar-refractivity contribution is 0.504. The molecule has 0 radical (unpaired) electrons. The highest BCUT2D eigenvalue weighted by Crippen LogP contribution is 2.16. The number of nitrogens with one attached hydrogen (secondary N) is 1. The molecule has 0 amide bonds. The lowest BCUT2D eigenvalue weighted by atomic mass is 10.1. The lowest BCUT2D eigenvalue weighted by Crippen LogP contribution is -2.23. The van der Waals surface area contributed by atoms with Gasteiger partial charge in [-0.1, -0.05) is 6.92 Å². The number of aromatic nitrogens is 2. The minimum Gasteiger partial charge on any atom is -0.317 e. The zero-order chi connectivity index (χ0) is 10.9. The fraction of sp³-hybridized carbons (Fsp3) is 0.636. The quantitative estimate of drug-likeness (QED) is 0.439. The van der Waals surface area contributed by atoms with Crippen molar-refractivity contribution in [2.45, 2.75) is 37.3 Å². The van der Waals surface area contributed by atoms with E-state index in [0.717, 1.165) is 10.8 Å². The first-order chi connectivity index (χ1) is 7.36. The Morgan fingerprint density at radius 2 is 2.40 bits per heavy atom. The zero-order valence-electron chi connectivity index (χ0n) is 9.44. The summed E-state index contributed by atoms with van der Waals surface area (Å²) in [6, 6.07) is 2.62. The van der Waals surface area contributed by atoms with Gasteiger partial charge < -0.3 is 5.32 Å². The number of hydrogen-bond donors (Lipinski definition) is 1. The van der Waals surface area contributed by atoms with Crippen LogP contribution in [0.15, 0.2) is 23.6 Å². The summed E-state index contributed by atoms with van der Waals surface area (Å²) in [7, 11) is 2.03. The van der Waals surface area contributed by atoms with Crippen molar-refractivity contribution < 1.29 is 0 Å². The molecule has 0 saturated heterocycles. The van der Waals surface area contributed by atoms with Crippen molar-refractivity contribution >= 4 is 11.8 Å². The highest BCUT2D eigenvalue weighted by molar-refractivity contribution is 7.99. The van der Waals surface area contributed by atoms with Gasteiger partial charge in [-0.05, 0) is 38.1 Å². The molecule has 1 N–H and O–H groups in total. The Labute approximate surface area is 96.1 Å². The van der Waals surface area contributed by atoms with Gasteiger partial charge in [0.15, 0.2) is 0 Å². The van der Waals surface area contributed by atoms with Crippen LogP contribution in [0.3, 0.4) is 0 Å². The third-order valence-electron chi connectivity index (χ3n) is 2.40. The van der Waals surface area contributed by atoms with Crippen molar-refractivity contribution in [2.24, 2.45) is 0 Å². The van der Waals surface area contributed by atoms with Crippen LogP contribution in [0.4, 0.5) is 0 Å². The molecule has 0 aliphatic heterocycles. The third-order valence-corrected chi connectivity index (χ3v) is 3.43. The molecule has 1 aromatic heterocycles. The second-order valence-electron chi connectivity index (χ2n) is 3.43. The third kappa shape index (κ3) is 5.14. The molecule has 0 saturated carbocycles. The van der Waals surface area contributed by atoms with E-state index >= 15 is 0 Å². The first-order valence-electron chi connectivity index (χ1n) is 5.43. The molecule has 1 atom stereocenters. The van der Waals surface area contributed by atoms with Crippen LogP contribution in [0.25, 0.3) is 0 Å². The number of thioether (sulfide) groups is 1. The molecule has 1 rings (SSSR count). The molecule has 0 spiro atoms. The maximum atomic E-state index is 4.17. The summed E-state index contributed by atoms with van der Waals surface area (Å²) in [5.74, 6) is 1.13. The highest BCUT2D eigenvalue weighted by atomic mass is 32.2. The van der Waals surface area contributed by atoms with Gasteiger partial charge in [0, 0.05) is 12.2 Å². The largest absolute Gasteiger partial charge is 0.317 e. The molecule has 0 fully saturated rings. The monoisotopic (exact) mass is 225 g/mol. The SMILES string of the molecule is CCC(CCCSc1ccncn1)NC. The molecule has 4 heteroatoms. The van der Waals surface area contributed by atoms with Crippen LogP contribution < -0.4 is 5.32 Å². The minimum absolute atomic E-state index is 0.663. The number of nitrogens with zero attached hydrogens (tertiary/aromatic N) is 2. The van der Waals surface area contributed by atoms with Crippen molar-refractivity contribution in [1.29, 1.82) is 0 Å². The molecule has 15 heavy (non-hydrogen) atoms. The average molecular weight is 225 g/mol. The van der Waals surface area contributed by atoms with Crippen LogP contribution in [0.5, 0.6) is 0 Å². The van der Waals surface area contributed by atoms with E-state index in [-0.39, 0.29) is 0 Å². The van der Waals surface area contributed by atoms with E-state index in [9.17, 15) is 0 Å². The molecule has 0 aromatic carbocycles. The van der Waals surface area contributed by atoms with Crippen molar-refractivity contribution in [1.82, 2.24) is 15.3 Å². The smallest absolute Gasteiger partial charge is 0.116 e. The fourth-order valence-corrected chi connectivity index (χ4v) is 2.22. The van der Waals surface area contributed by atoms with Crippen molar-refractivity contribution in [3.63, 3.8) is 0 Å². The van der Waals surface area contributed by atoms with Crippen LogP contribution in [0.1, 0.15) is 26.2 Å². The van der Waals surface area contributed by atoms with E-state index in [2.05, 4.69) is 22.2 Å². The summed E-state index contributed by atoms with van der Waals surface area (Å²) in [4.78, 5) is 8.07. The van der Waals surface area contributed by atoms with E-state index in [4.69, 9.17) is 0 Å². The average Bonchev–Trinajstić information content (AvgIpc) is 2.31. The van der Waals surface area contributed by atoms with Gasteiger partial charge in [0.1, 0.15) is 6.33 Å². The van der Waals surface area contributed by atoms with E-state index in [1.165, 1.54) is 19.3 Å². The second-order valence-corrected chi connectivity index (χ2v) is 4.55. The van der Waals surface area contributed by atoms with E-state index < -0.39 is 0 Å². The number of hydrogen-bond acceptors (Lipinski definition) is 4. The molecular formula is C11H19N3S. The maximum absolute atomic E-state index is 4.17. The van der Waals surface area contributed by atoms with Crippen LogP contribution in [0, 0.1) is 0 Å². The van der Waals surface area contributed by atoms with Gasteiger partial charge >= 0.3 is 0 Å². The Kier molecular flexibility index (Phi) is 6.36. The van der Waals surface area contributed by atoms with Crippen molar-refractivity contribution in [3.05, 3.63) is 18.6 Å². The molecule has 1 unspecified atom stereocenters. The summed E-state index contributed by atoms with van der Waals surface area (Å²) in [5.41, 5.74) is 0. The lowest BCUT2D eigenvalue weighted by Gasteiger charge is -2.12. The summed E-state index contributed by atoms with van der Waals surface area (Å²) in [5, 5.41) is 4.39. The van der Waals surface area contributed by atoms with Gasteiger partial charge in [0.2, 0.25) is 0 Å². The normalized spacial score (nSPS) is 12.7. The van der Waals surface area contributed by atoms with Crippen molar-refractivity contribution in [3.8, 4) is 0 Å². The Bertz CT molecular complexity index is 249. The van der Waals surface area contributed by atoms with Crippen LogP contribution in [-0.4, -0.2) is 28.8 Å². The number of rotatable bonds is 7. The predicted octanol–water partition coefficient (Wildman–Crippen LogP) is 2.35. The molecule has 84 valence electrons. The molecular weight excluding hydrogens is 206 g/mol. The van der Waals surface area contributed by atoms with Crippen LogP contribution in [0.2, 0.25) is 0 Å². The summed E-state index contributed by atoms with van der Waals surface area (Å²) >= 11 is 1.80. The second kappa shape index (κ2) is 7.65. The van der Waals surface area contributed by atoms with Gasteiger partial charge in [0.25, 0.3) is 0 Å². The van der Waals surface area contributed by atoms with Gasteiger partial charge in [-0.2, -0.15) is 0 Å². The molecule has 0 aliphatic carbocycles. The zero-order valence-corrected chi connectivity index (χ0v) is 10.3. The molecule has 3 nitrogen and oxygen atoms in total. The van der Waals surface area contributed by atoms with Crippen molar-refractivity contribution in [2.75, 3.05) is 12.8 Å². The topological polar surface area (TPSA) is 37.8 Å². The maximum Gasteiger partial charge on any atom is 0.116 e. The van der Waals surface area contributed by atoms with Crippen LogP contribution in [-0.2, 0) is 0 Å². The van der Waals surface area contributed by atoms with E-state index in [0.29, 0.717) is 6.04 Å². The van der Waals surface area contributed by atoms with Gasteiger partial charge in [-0.25, -0.2) is 9.97 Å². The van der Waals surface area contributed by atoms with Gasteiger partial charge in [-0.3, -0.25) is 0 Å². The van der Waals surface area contributed by atoms with Gasteiger partial charge in [-0.15, -0.1) is 11.8 Å². The Hall–Kier alpha value is -0.610. The Morgan fingerprint density at radius 3 is 3.00 bits per heavy atom.